The van der Waals surface area contributed by atoms with Gasteiger partial charge in [-0.2, -0.15) is 0 Å². The first kappa shape index (κ1) is 42.8. The number of ether oxygens (including phenoxy) is 4. The number of aromatic amines is 2. The number of nitrogens with one attached hydrogen (secondary N) is 2. The molecule has 12 heteroatoms. The number of non-ortho nitro benzene ring substituents is 2. The van der Waals surface area contributed by atoms with Crippen LogP contribution < -0.4 is 18.9 Å². The van der Waals surface area contributed by atoms with Gasteiger partial charge in [-0.1, -0.05) is 48.5 Å². The molecule has 8 aromatic carbocycles. The molecule has 334 valence electrons. The molecule has 0 saturated heterocycles. The van der Waals surface area contributed by atoms with E-state index in [1.165, 1.54) is 24.3 Å². The number of nitrogens with zero attached hydrogens (tertiary/aromatic N) is 2. The van der Waals surface area contributed by atoms with Gasteiger partial charge in [-0.15, -0.1) is 0 Å². The van der Waals surface area contributed by atoms with Crippen LogP contribution in [0.25, 0.3) is 100.0 Å². The summed E-state index contributed by atoms with van der Waals surface area (Å²) in [5.41, 5.74) is 13.4. The first-order valence-electron chi connectivity index (χ1n) is 21.6. The Bertz CT molecular complexity index is 3270. The van der Waals surface area contributed by atoms with Gasteiger partial charge in [0.2, 0.25) is 0 Å². The third kappa shape index (κ3) is 7.79. The molecule has 0 atom stereocenters. The van der Waals surface area contributed by atoms with E-state index in [1.54, 1.807) is 52.7 Å². The lowest BCUT2D eigenvalue weighted by atomic mass is 9.89. The lowest BCUT2D eigenvalue weighted by molar-refractivity contribution is -0.385. The lowest BCUT2D eigenvalue weighted by Crippen LogP contribution is -1.91. The molecule has 2 aromatic heterocycles. The van der Waals surface area contributed by atoms with Crippen molar-refractivity contribution in [3.8, 4) is 101 Å². The standard InChI is InChI=1S/C56H42N4O8/c1-65-43-21-9-33(10-22-43)39-29-47(35-13-25-45(67-3)26-14-35)53-49(31-39)57-55(51(53)37-5-17-41(18-6-37)59(61)62)56-52(38-7-19-42(20-8-38)60(63)64)54-48(36-15-27-46(68-4)28-16-36)30-40(32-50(54)58-56)34-11-23-44(66-2)24-12-34/h5-32,57-58H,1-4H3. The largest absolute Gasteiger partial charge is 0.497 e. The number of rotatable bonds is 13. The Morgan fingerprint density at radius 1 is 0.353 bits per heavy atom. The minimum atomic E-state index is -0.407. The predicted octanol–water partition coefficient (Wildman–Crippen LogP) is 14.2. The van der Waals surface area contributed by atoms with Gasteiger partial charge in [0.25, 0.3) is 11.4 Å². The highest BCUT2D eigenvalue weighted by molar-refractivity contribution is 6.17. The summed E-state index contributed by atoms with van der Waals surface area (Å²) in [7, 11) is 6.53. The van der Waals surface area contributed by atoms with Crippen LogP contribution in [0.15, 0.2) is 170 Å². The van der Waals surface area contributed by atoms with Crippen molar-refractivity contribution >= 4 is 33.2 Å². The predicted molar refractivity (Wildman–Crippen MR) is 268 cm³/mol. The zero-order valence-electron chi connectivity index (χ0n) is 37.3. The van der Waals surface area contributed by atoms with Crippen LogP contribution >= 0.6 is 0 Å². The molecule has 10 rings (SSSR count). The van der Waals surface area contributed by atoms with Crippen molar-refractivity contribution in [3.05, 3.63) is 190 Å². The molecule has 0 unspecified atom stereocenters. The number of aromatic nitrogens is 2. The summed E-state index contributed by atoms with van der Waals surface area (Å²) in [5.74, 6) is 2.87. The summed E-state index contributed by atoms with van der Waals surface area (Å²) in [4.78, 5) is 31.0. The van der Waals surface area contributed by atoms with Crippen LogP contribution in [-0.2, 0) is 0 Å². The lowest BCUT2D eigenvalue weighted by Gasteiger charge is -2.13. The molecule has 0 saturated carbocycles. The SMILES string of the molecule is COc1ccc(-c2cc(-c3ccc(OC)cc3)c3c(-c4ccc([N+](=O)[O-])cc4)c(-c4[nH]c5cc(-c6ccc(OC)cc6)cc(-c6ccc(OC)cc6)c5c4-c4ccc([N+](=O)[O-])cc4)[nH]c3c2)cc1. The molecule has 0 aliphatic carbocycles. The van der Waals surface area contributed by atoms with Crippen molar-refractivity contribution in [1.82, 2.24) is 9.97 Å². The van der Waals surface area contributed by atoms with Crippen LogP contribution in [0, 0.1) is 20.2 Å². The first-order valence-corrected chi connectivity index (χ1v) is 21.6. The molecule has 0 radical (unpaired) electrons. The molecule has 0 aliphatic heterocycles. The van der Waals surface area contributed by atoms with E-state index in [0.717, 1.165) is 100 Å². The van der Waals surface area contributed by atoms with Crippen molar-refractivity contribution in [2.24, 2.45) is 0 Å². The van der Waals surface area contributed by atoms with Crippen LogP contribution in [0.5, 0.6) is 23.0 Å². The summed E-state index contributed by atoms with van der Waals surface area (Å²) in [5, 5.41) is 25.8. The fraction of sp³-hybridized carbons (Fsp3) is 0.0714. The fourth-order valence-electron chi connectivity index (χ4n) is 9.01. The van der Waals surface area contributed by atoms with Gasteiger partial charge >= 0.3 is 0 Å². The number of hydrogen-bond donors (Lipinski definition) is 2. The number of benzene rings is 8. The van der Waals surface area contributed by atoms with E-state index in [1.807, 2.05) is 97.1 Å². The quantitative estimate of drug-likeness (QED) is 0.0856. The smallest absolute Gasteiger partial charge is 0.269 e. The molecule has 0 aliphatic rings. The highest BCUT2D eigenvalue weighted by Crippen LogP contribution is 2.51. The second-order valence-corrected chi connectivity index (χ2v) is 16.2. The summed E-state index contributed by atoms with van der Waals surface area (Å²) >= 11 is 0. The molecule has 68 heavy (non-hydrogen) atoms. The Morgan fingerprint density at radius 3 is 0.912 bits per heavy atom. The van der Waals surface area contributed by atoms with Crippen LogP contribution in [0.2, 0.25) is 0 Å². The summed E-state index contributed by atoms with van der Waals surface area (Å²) in [6, 6.07) is 53.3. The van der Waals surface area contributed by atoms with Gasteiger partial charge in [0, 0.05) is 57.2 Å². The van der Waals surface area contributed by atoms with E-state index in [0.29, 0.717) is 22.9 Å². The van der Waals surface area contributed by atoms with Gasteiger partial charge in [-0.05, 0) is 153 Å². The Morgan fingerprint density at radius 2 is 0.632 bits per heavy atom. The Labute approximate surface area is 390 Å². The number of H-pyrrole nitrogens is 2. The first-order chi connectivity index (χ1) is 33.1. The van der Waals surface area contributed by atoms with E-state index < -0.39 is 9.85 Å². The highest BCUT2D eigenvalue weighted by atomic mass is 16.6. The topological polar surface area (TPSA) is 155 Å². The van der Waals surface area contributed by atoms with Crippen LogP contribution in [0.1, 0.15) is 0 Å². The summed E-state index contributed by atoms with van der Waals surface area (Å²) < 4.78 is 22.1. The number of fused-ring (bicyclic) bond motifs is 2. The molecule has 0 fully saturated rings. The molecule has 10 aromatic rings. The Hall–Kier alpha value is -9.16. The van der Waals surface area contributed by atoms with Crippen LogP contribution in [-0.4, -0.2) is 48.3 Å². The number of hydrogen-bond acceptors (Lipinski definition) is 8. The summed E-state index contributed by atoms with van der Waals surface area (Å²) in [6.07, 6.45) is 0. The molecular weight excluding hydrogens is 857 g/mol. The molecule has 2 heterocycles. The minimum absolute atomic E-state index is 0.0420. The molecule has 2 N–H and O–H groups in total. The van der Waals surface area contributed by atoms with Crippen molar-refractivity contribution in [3.63, 3.8) is 0 Å². The normalized spacial score (nSPS) is 11.2. The van der Waals surface area contributed by atoms with Gasteiger partial charge < -0.3 is 28.9 Å². The second kappa shape index (κ2) is 17.7. The maximum absolute atomic E-state index is 12.0. The van der Waals surface area contributed by atoms with Crippen molar-refractivity contribution in [2.45, 2.75) is 0 Å². The van der Waals surface area contributed by atoms with E-state index in [4.69, 9.17) is 18.9 Å². The van der Waals surface area contributed by atoms with E-state index in [2.05, 4.69) is 34.2 Å². The molecule has 0 bridgehead atoms. The van der Waals surface area contributed by atoms with Crippen molar-refractivity contribution in [2.75, 3.05) is 28.4 Å². The average Bonchev–Trinajstić information content (AvgIpc) is 3.97. The van der Waals surface area contributed by atoms with Crippen molar-refractivity contribution < 1.29 is 28.8 Å². The molecule has 0 amide bonds. The zero-order chi connectivity index (χ0) is 47.1. The third-order valence-corrected chi connectivity index (χ3v) is 12.4. The molecule has 12 nitrogen and oxygen atoms in total. The Kier molecular flexibility index (Phi) is 11.1. The van der Waals surface area contributed by atoms with Crippen LogP contribution in [0.3, 0.4) is 0 Å². The summed E-state index contributed by atoms with van der Waals surface area (Å²) in [6.45, 7) is 0. The minimum Gasteiger partial charge on any atom is -0.497 e. The van der Waals surface area contributed by atoms with E-state index in [-0.39, 0.29) is 11.4 Å². The molecular formula is C56H42N4O8. The third-order valence-electron chi connectivity index (χ3n) is 12.4. The van der Waals surface area contributed by atoms with Gasteiger partial charge in [0.05, 0.1) is 49.7 Å². The number of nitro benzene ring substituents is 2. The number of methoxy groups -OCH3 is 4. The van der Waals surface area contributed by atoms with E-state index in [9.17, 15) is 20.2 Å². The van der Waals surface area contributed by atoms with Gasteiger partial charge in [0.1, 0.15) is 23.0 Å². The van der Waals surface area contributed by atoms with Gasteiger partial charge in [-0.3, -0.25) is 20.2 Å². The molecule has 0 spiro atoms. The zero-order valence-corrected chi connectivity index (χ0v) is 37.3. The maximum atomic E-state index is 12.0. The van der Waals surface area contributed by atoms with Gasteiger partial charge in [0.15, 0.2) is 0 Å². The highest BCUT2D eigenvalue weighted by Gasteiger charge is 2.27. The monoisotopic (exact) mass is 898 g/mol. The Balaban J connectivity index is 1.35. The maximum Gasteiger partial charge on any atom is 0.269 e. The van der Waals surface area contributed by atoms with Gasteiger partial charge in [-0.25, -0.2) is 0 Å². The van der Waals surface area contributed by atoms with Crippen molar-refractivity contribution in [1.29, 1.82) is 0 Å². The fourth-order valence-corrected chi connectivity index (χ4v) is 9.01. The number of nitro groups is 2. The second-order valence-electron chi connectivity index (χ2n) is 16.2. The van der Waals surface area contributed by atoms with Crippen LogP contribution in [0.4, 0.5) is 11.4 Å². The van der Waals surface area contributed by atoms with E-state index >= 15 is 0 Å². The average molecular weight is 899 g/mol.